The van der Waals surface area contributed by atoms with Crippen LogP contribution in [-0.2, 0) is 6.54 Å². The average molecular weight is 371 g/mol. The van der Waals surface area contributed by atoms with Crippen molar-refractivity contribution in [3.05, 3.63) is 44.6 Å². The van der Waals surface area contributed by atoms with Crippen molar-refractivity contribution in [2.75, 3.05) is 6.54 Å². The van der Waals surface area contributed by atoms with E-state index in [2.05, 4.69) is 53.2 Å². The summed E-state index contributed by atoms with van der Waals surface area (Å²) in [7, 11) is 0. The first kappa shape index (κ1) is 16.5. The highest BCUT2D eigenvalue weighted by molar-refractivity contribution is 9.10. The summed E-state index contributed by atoms with van der Waals surface area (Å²) in [6, 6.07) is 5.97. The quantitative estimate of drug-likeness (QED) is 0.830. The van der Waals surface area contributed by atoms with Crippen LogP contribution in [0.5, 0.6) is 0 Å². The van der Waals surface area contributed by atoms with Crippen LogP contribution in [0, 0.1) is 19.8 Å². The SMILES string of the molecule is Cc1nn(-c2cc(Cl)ccc2CNCC(C)C)c(C)c1Br. The molecule has 0 saturated carbocycles. The predicted octanol–water partition coefficient (Wildman–Crippen LogP) is 4.65. The maximum absolute atomic E-state index is 6.18. The molecule has 5 heteroatoms. The molecule has 0 spiro atoms. The van der Waals surface area contributed by atoms with Crippen LogP contribution < -0.4 is 5.32 Å². The first-order valence-corrected chi connectivity index (χ1v) is 8.28. The van der Waals surface area contributed by atoms with Gasteiger partial charge in [-0.1, -0.05) is 31.5 Å². The third-order valence-corrected chi connectivity index (χ3v) is 4.73. The summed E-state index contributed by atoms with van der Waals surface area (Å²) in [5.74, 6) is 0.628. The Hall–Kier alpha value is -0.840. The topological polar surface area (TPSA) is 29.9 Å². The first-order valence-electron chi connectivity index (χ1n) is 7.11. The van der Waals surface area contributed by atoms with E-state index in [9.17, 15) is 0 Å². The summed E-state index contributed by atoms with van der Waals surface area (Å²) in [4.78, 5) is 0. The third-order valence-electron chi connectivity index (χ3n) is 3.35. The number of benzene rings is 1. The predicted molar refractivity (Wildman–Crippen MR) is 92.3 cm³/mol. The molecule has 0 aliphatic rings. The highest BCUT2D eigenvalue weighted by atomic mass is 79.9. The Bertz CT molecular complexity index is 635. The van der Waals surface area contributed by atoms with E-state index in [4.69, 9.17) is 11.6 Å². The first-order chi connectivity index (χ1) is 9.90. The fraction of sp³-hybridized carbons (Fsp3) is 0.438. The van der Waals surface area contributed by atoms with Gasteiger partial charge >= 0.3 is 0 Å². The van der Waals surface area contributed by atoms with Gasteiger partial charge in [-0.2, -0.15) is 5.10 Å². The minimum absolute atomic E-state index is 0.628. The number of hydrogen-bond acceptors (Lipinski definition) is 2. The molecule has 1 N–H and O–H groups in total. The second-order valence-corrected chi connectivity index (χ2v) is 6.92. The molecule has 1 heterocycles. The van der Waals surface area contributed by atoms with Gasteiger partial charge in [0.2, 0.25) is 0 Å². The Morgan fingerprint density at radius 1 is 1.33 bits per heavy atom. The van der Waals surface area contributed by atoms with E-state index in [-0.39, 0.29) is 0 Å². The molecule has 0 bridgehead atoms. The molecule has 114 valence electrons. The van der Waals surface area contributed by atoms with Crippen LogP contribution in [0.15, 0.2) is 22.7 Å². The molecule has 1 aromatic carbocycles. The molecule has 0 amide bonds. The van der Waals surface area contributed by atoms with Crippen molar-refractivity contribution < 1.29 is 0 Å². The number of nitrogens with one attached hydrogen (secondary N) is 1. The average Bonchev–Trinajstić information content (AvgIpc) is 2.68. The Morgan fingerprint density at radius 3 is 2.62 bits per heavy atom. The number of aromatic nitrogens is 2. The molecule has 2 rings (SSSR count). The summed E-state index contributed by atoms with van der Waals surface area (Å²) < 4.78 is 3.00. The number of rotatable bonds is 5. The normalized spacial score (nSPS) is 11.4. The third kappa shape index (κ3) is 3.87. The van der Waals surface area contributed by atoms with Crippen LogP contribution in [-0.4, -0.2) is 16.3 Å². The van der Waals surface area contributed by atoms with Crippen molar-refractivity contribution in [1.29, 1.82) is 0 Å². The zero-order valence-electron chi connectivity index (χ0n) is 12.9. The number of nitrogens with zero attached hydrogens (tertiary/aromatic N) is 2. The van der Waals surface area contributed by atoms with Crippen LogP contribution in [0.25, 0.3) is 5.69 Å². The summed E-state index contributed by atoms with van der Waals surface area (Å²) >= 11 is 9.76. The molecule has 0 saturated heterocycles. The molecule has 0 unspecified atom stereocenters. The molecule has 0 aliphatic carbocycles. The maximum Gasteiger partial charge on any atom is 0.0743 e. The van der Waals surface area contributed by atoms with Crippen LogP contribution in [0.2, 0.25) is 5.02 Å². The lowest BCUT2D eigenvalue weighted by atomic mass is 10.1. The molecule has 1 aromatic heterocycles. The van der Waals surface area contributed by atoms with Crippen molar-refractivity contribution in [2.45, 2.75) is 34.2 Å². The van der Waals surface area contributed by atoms with Gasteiger partial charge in [0.1, 0.15) is 0 Å². The van der Waals surface area contributed by atoms with E-state index in [1.54, 1.807) is 0 Å². The van der Waals surface area contributed by atoms with Gasteiger partial charge in [-0.25, -0.2) is 4.68 Å². The van der Waals surface area contributed by atoms with Gasteiger partial charge in [-0.3, -0.25) is 0 Å². The molecule has 0 fully saturated rings. The molecular formula is C16H21BrClN3. The lowest BCUT2D eigenvalue weighted by Gasteiger charge is -2.14. The lowest BCUT2D eigenvalue weighted by Crippen LogP contribution is -2.20. The van der Waals surface area contributed by atoms with E-state index in [1.807, 2.05) is 23.7 Å². The van der Waals surface area contributed by atoms with Crippen LogP contribution in [0.1, 0.15) is 30.8 Å². The highest BCUT2D eigenvalue weighted by Gasteiger charge is 2.13. The zero-order valence-corrected chi connectivity index (χ0v) is 15.2. The Morgan fingerprint density at radius 2 is 2.05 bits per heavy atom. The summed E-state index contributed by atoms with van der Waals surface area (Å²) in [5, 5.41) is 8.81. The Labute approximate surface area is 139 Å². The molecule has 2 aromatic rings. The molecule has 0 aliphatic heterocycles. The van der Waals surface area contributed by atoms with E-state index >= 15 is 0 Å². The second-order valence-electron chi connectivity index (χ2n) is 5.69. The van der Waals surface area contributed by atoms with E-state index in [1.165, 1.54) is 5.56 Å². The van der Waals surface area contributed by atoms with E-state index in [0.29, 0.717) is 5.92 Å². The van der Waals surface area contributed by atoms with Gasteiger partial charge in [0.05, 0.1) is 21.5 Å². The standard InChI is InChI=1S/C16H21BrClN3/c1-10(2)8-19-9-13-5-6-14(18)7-15(13)21-12(4)16(17)11(3)20-21/h5-7,10,19H,8-9H2,1-4H3. The second kappa shape index (κ2) is 6.95. The van der Waals surface area contributed by atoms with Crippen molar-refractivity contribution in [2.24, 2.45) is 5.92 Å². The Balaban J connectivity index is 2.37. The largest absolute Gasteiger partial charge is 0.312 e. The number of halogens is 2. The van der Waals surface area contributed by atoms with Gasteiger partial charge in [-0.05, 0) is 59.9 Å². The minimum atomic E-state index is 0.628. The molecule has 3 nitrogen and oxygen atoms in total. The molecule has 0 atom stereocenters. The Kier molecular flexibility index (Phi) is 5.47. The van der Waals surface area contributed by atoms with Crippen molar-refractivity contribution in [3.8, 4) is 5.69 Å². The van der Waals surface area contributed by atoms with E-state index < -0.39 is 0 Å². The smallest absolute Gasteiger partial charge is 0.0743 e. The van der Waals surface area contributed by atoms with Gasteiger partial charge in [0.15, 0.2) is 0 Å². The van der Waals surface area contributed by atoms with Gasteiger partial charge < -0.3 is 5.32 Å². The van der Waals surface area contributed by atoms with E-state index in [0.717, 1.165) is 39.7 Å². The van der Waals surface area contributed by atoms with Gasteiger partial charge in [0, 0.05) is 11.6 Å². The molecule has 21 heavy (non-hydrogen) atoms. The van der Waals surface area contributed by atoms with Gasteiger partial charge in [0.25, 0.3) is 0 Å². The summed E-state index contributed by atoms with van der Waals surface area (Å²) in [6.45, 7) is 10.2. The molecular weight excluding hydrogens is 350 g/mol. The zero-order chi connectivity index (χ0) is 15.6. The fourth-order valence-electron chi connectivity index (χ4n) is 2.24. The van der Waals surface area contributed by atoms with Crippen molar-refractivity contribution in [3.63, 3.8) is 0 Å². The maximum atomic E-state index is 6.18. The number of hydrogen-bond donors (Lipinski definition) is 1. The summed E-state index contributed by atoms with van der Waals surface area (Å²) in [5.41, 5.74) is 4.29. The number of aryl methyl sites for hydroxylation is 1. The summed E-state index contributed by atoms with van der Waals surface area (Å²) in [6.07, 6.45) is 0. The minimum Gasteiger partial charge on any atom is -0.312 e. The van der Waals surface area contributed by atoms with Crippen LogP contribution in [0.4, 0.5) is 0 Å². The molecule has 0 radical (unpaired) electrons. The fourth-order valence-corrected chi connectivity index (χ4v) is 2.65. The van der Waals surface area contributed by atoms with Crippen LogP contribution in [0.3, 0.4) is 0 Å². The van der Waals surface area contributed by atoms with Crippen LogP contribution >= 0.6 is 27.5 Å². The van der Waals surface area contributed by atoms with Crippen molar-refractivity contribution >= 4 is 27.5 Å². The van der Waals surface area contributed by atoms with Gasteiger partial charge in [-0.15, -0.1) is 0 Å². The van der Waals surface area contributed by atoms with Crippen molar-refractivity contribution in [1.82, 2.24) is 15.1 Å². The monoisotopic (exact) mass is 369 g/mol. The highest BCUT2D eigenvalue weighted by Crippen LogP contribution is 2.26. The lowest BCUT2D eigenvalue weighted by molar-refractivity contribution is 0.551.